The van der Waals surface area contributed by atoms with Crippen LogP contribution in [0.25, 0.3) is 0 Å². The fourth-order valence-electron chi connectivity index (χ4n) is 1.33. The normalized spacial score (nSPS) is 12.6. The van der Waals surface area contributed by atoms with Crippen molar-refractivity contribution in [1.29, 1.82) is 0 Å². The van der Waals surface area contributed by atoms with Gasteiger partial charge in [0.05, 0.1) is 6.10 Å². The van der Waals surface area contributed by atoms with Crippen molar-refractivity contribution in [1.82, 2.24) is 0 Å². The van der Waals surface area contributed by atoms with E-state index in [2.05, 4.69) is 6.07 Å². The Morgan fingerprint density at radius 2 is 1.79 bits per heavy atom. The molecular weight excluding hydrogens is 176 g/mol. The van der Waals surface area contributed by atoms with Gasteiger partial charge >= 0.3 is 0 Å². The molecule has 2 heteroatoms. The zero-order chi connectivity index (χ0) is 10.6. The standard InChI is InChI=1S/C12H18O2/c1-4-11(13)8-14-12-6-9(2)5-10(3)7-12/h5-7,11,13H,4,8H2,1-3H3. The number of rotatable bonds is 4. The molecule has 0 aliphatic carbocycles. The Hall–Kier alpha value is -1.02. The molecule has 1 atom stereocenters. The van der Waals surface area contributed by atoms with Gasteiger partial charge in [0.1, 0.15) is 12.4 Å². The lowest BCUT2D eigenvalue weighted by Gasteiger charge is -2.11. The van der Waals surface area contributed by atoms with Crippen LogP contribution in [0.1, 0.15) is 24.5 Å². The summed E-state index contributed by atoms with van der Waals surface area (Å²) in [7, 11) is 0. The van der Waals surface area contributed by atoms with Gasteiger partial charge in [-0.05, 0) is 43.5 Å². The molecule has 0 bridgehead atoms. The number of hydrogen-bond acceptors (Lipinski definition) is 2. The molecular formula is C12H18O2. The first-order valence-corrected chi connectivity index (χ1v) is 5.01. The quantitative estimate of drug-likeness (QED) is 0.797. The lowest BCUT2D eigenvalue weighted by atomic mass is 10.1. The van der Waals surface area contributed by atoms with Crippen molar-refractivity contribution < 1.29 is 9.84 Å². The van der Waals surface area contributed by atoms with Gasteiger partial charge in [-0.2, -0.15) is 0 Å². The molecule has 0 saturated carbocycles. The maximum atomic E-state index is 9.33. The molecule has 0 aliphatic heterocycles. The van der Waals surface area contributed by atoms with Crippen LogP contribution in [0.5, 0.6) is 5.75 Å². The van der Waals surface area contributed by atoms with Crippen molar-refractivity contribution in [3.8, 4) is 5.75 Å². The molecule has 0 saturated heterocycles. The highest BCUT2D eigenvalue weighted by atomic mass is 16.5. The van der Waals surface area contributed by atoms with Gasteiger partial charge in [0.2, 0.25) is 0 Å². The molecule has 1 N–H and O–H groups in total. The highest BCUT2D eigenvalue weighted by Gasteiger charge is 2.02. The van der Waals surface area contributed by atoms with Crippen LogP contribution in [0.4, 0.5) is 0 Å². The second-order valence-corrected chi connectivity index (χ2v) is 3.70. The fraction of sp³-hybridized carbons (Fsp3) is 0.500. The number of hydrogen-bond donors (Lipinski definition) is 1. The van der Waals surface area contributed by atoms with E-state index in [4.69, 9.17) is 4.74 Å². The van der Waals surface area contributed by atoms with E-state index in [0.29, 0.717) is 6.61 Å². The second kappa shape index (κ2) is 5.01. The molecule has 0 amide bonds. The smallest absolute Gasteiger partial charge is 0.119 e. The van der Waals surface area contributed by atoms with Gasteiger partial charge in [0.25, 0.3) is 0 Å². The van der Waals surface area contributed by atoms with Crippen LogP contribution < -0.4 is 4.74 Å². The summed E-state index contributed by atoms with van der Waals surface area (Å²) in [5.74, 6) is 0.843. The lowest BCUT2D eigenvalue weighted by Crippen LogP contribution is -2.16. The van der Waals surface area contributed by atoms with Gasteiger partial charge < -0.3 is 9.84 Å². The zero-order valence-electron chi connectivity index (χ0n) is 9.08. The molecule has 0 heterocycles. The zero-order valence-corrected chi connectivity index (χ0v) is 9.08. The Morgan fingerprint density at radius 1 is 1.21 bits per heavy atom. The molecule has 0 fully saturated rings. The van der Waals surface area contributed by atoms with Crippen LogP contribution in [0.3, 0.4) is 0 Å². The number of ether oxygens (including phenoxy) is 1. The van der Waals surface area contributed by atoms with Crippen LogP contribution in [0, 0.1) is 13.8 Å². The van der Waals surface area contributed by atoms with Crippen molar-refractivity contribution in [2.75, 3.05) is 6.61 Å². The van der Waals surface area contributed by atoms with E-state index in [0.717, 1.165) is 12.2 Å². The molecule has 0 aliphatic rings. The number of benzene rings is 1. The van der Waals surface area contributed by atoms with Crippen molar-refractivity contribution in [3.05, 3.63) is 29.3 Å². The van der Waals surface area contributed by atoms with Crippen LogP contribution in [-0.4, -0.2) is 17.8 Å². The monoisotopic (exact) mass is 194 g/mol. The minimum absolute atomic E-state index is 0.365. The van der Waals surface area contributed by atoms with Crippen molar-refractivity contribution in [3.63, 3.8) is 0 Å². The van der Waals surface area contributed by atoms with Gasteiger partial charge in [0, 0.05) is 0 Å². The molecule has 1 unspecified atom stereocenters. The first-order chi connectivity index (χ1) is 6.61. The lowest BCUT2D eigenvalue weighted by molar-refractivity contribution is 0.104. The van der Waals surface area contributed by atoms with Crippen LogP contribution in [0.15, 0.2) is 18.2 Å². The summed E-state index contributed by atoms with van der Waals surface area (Å²) in [5.41, 5.74) is 2.37. The summed E-state index contributed by atoms with van der Waals surface area (Å²) >= 11 is 0. The highest BCUT2D eigenvalue weighted by molar-refractivity contribution is 5.32. The molecule has 1 rings (SSSR count). The van der Waals surface area contributed by atoms with Crippen molar-refractivity contribution in [2.45, 2.75) is 33.3 Å². The third kappa shape index (κ3) is 3.38. The highest BCUT2D eigenvalue weighted by Crippen LogP contribution is 2.16. The third-order valence-electron chi connectivity index (χ3n) is 2.11. The molecule has 0 aromatic heterocycles. The summed E-state index contributed by atoms with van der Waals surface area (Å²) < 4.78 is 5.47. The van der Waals surface area contributed by atoms with Gasteiger partial charge in [-0.15, -0.1) is 0 Å². The summed E-state index contributed by atoms with van der Waals surface area (Å²) in [5, 5.41) is 9.33. The van der Waals surface area contributed by atoms with Gasteiger partial charge in [-0.1, -0.05) is 13.0 Å². The van der Waals surface area contributed by atoms with Crippen LogP contribution in [-0.2, 0) is 0 Å². The average Bonchev–Trinajstić information content (AvgIpc) is 2.12. The largest absolute Gasteiger partial charge is 0.491 e. The Morgan fingerprint density at radius 3 is 2.29 bits per heavy atom. The fourth-order valence-corrected chi connectivity index (χ4v) is 1.33. The SMILES string of the molecule is CCC(O)COc1cc(C)cc(C)c1. The summed E-state index contributed by atoms with van der Waals surface area (Å²) in [4.78, 5) is 0. The van der Waals surface area contributed by atoms with E-state index in [-0.39, 0.29) is 6.10 Å². The van der Waals surface area contributed by atoms with Crippen molar-refractivity contribution in [2.24, 2.45) is 0 Å². The van der Waals surface area contributed by atoms with E-state index >= 15 is 0 Å². The molecule has 14 heavy (non-hydrogen) atoms. The maximum absolute atomic E-state index is 9.33. The first-order valence-electron chi connectivity index (χ1n) is 5.01. The molecule has 1 aromatic carbocycles. The molecule has 2 nitrogen and oxygen atoms in total. The molecule has 0 spiro atoms. The second-order valence-electron chi connectivity index (χ2n) is 3.70. The number of aliphatic hydroxyl groups excluding tert-OH is 1. The predicted molar refractivity (Wildman–Crippen MR) is 57.7 cm³/mol. The van der Waals surface area contributed by atoms with E-state index in [1.807, 2.05) is 32.9 Å². The molecule has 0 radical (unpaired) electrons. The minimum atomic E-state index is -0.365. The number of aliphatic hydroxyl groups is 1. The summed E-state index contributed by atoms with van der Waals surface area (Å²) in [6.07, 6.45) is 0.362. The first kappa shape index (κ1) is 11.1. The molecule has 78 valence electrons. The Bertz CT molecular complexity index is 274. The van der Waals surface area contributed by atoms with E-state index < -0.39 is 0 Å². The van der Waals surface area contributed by atoms with Crippen molar-refractivity contribution >= 4 is 0 Å². The molecule has 1 aromatic rings. The summed E-state index contributed by atoms with van der Waals surface area (Å²) in [6, 6.07) is 6.06. The Balaban J connectivity index is 2.58. The van der Waals surface area contributed by atoms with Crippen LogP contribution >= 0.6 is 0 Å². The predicted octanol–water partition coefficient (Wildman–Crippen LogP) is 2.45. The van der Waals surface area contributed by atoms with E-state index in [1.165, 1.54) is 11.1 Å². The van der Waals surface area contributed by atoms with Gasteiger partial charge in [0.15, 0.2) is 0 Å². The van der Waals surface area contributed by atoms with E-state index in [1.54, 1.807) is 0 Å². The van der Waals surface area contributed by atoms with Gasteiger partial charge in [-0.25, -0.2) is 0 Å². The minimum Gasteiger partial charge on any atom is -0.491 e. The Kier molecular flexibility index (Phi) is 3.96. The van der Waals surface area contributed by atoms with E-state index in [9.17, 15) is 5.11 Å². The van der Waals surface area contributed by atoms with Gasteiger partial charge in [-0.3, -0.25) is 0 Å². The Labute approximate surface area is 85.5 Å². The van der Waals surface area contributed by atoms with Crippen LogP contribution in [0.2, 0.25) is 0 Å². The average molecular weight is 194 g/mol. The third-order valence-corrected chi connectivity index (χ3v) is 2.11. The topological polar surface area (TPSA) is 29.5 Å². The number of aryl methyl sites for hydroxylation is 2. The maximum Gasteiger partial charge on any atom is 0.119 e. The summed E-state index contributed by atoms with van der Waals surface area (Å²) in [6.45, 7) is 6.39.